The topological polar surface area (TPSA) is 41.6 Å². The molecular weight excluding hydrogens is 324 g/mol. The van der Waals surface area contributed by atoms with Crippen molar-refractivity contribution < 1.29 is 9.53 Å². The Morgan fingerprint density at radius 3 is 2.71 bits per heavy atom. The molecule has 0 bridgehead atoms. The van der Waals surface area contributed by atoms with Gasteiger partial charge in [-0.3, -0.25) is 4.79 Å². The van der Waals surface area contributed by atoms with E-state index in [2.05, 4.69) is 32.2 Å². The van der Waals surface area contributed by atoms with Crippen molar-refractivity contribution >= 4 is 18.3 Å². The van der Waals surface area contributed by atoms with Crippen LogP contribution in [0.5, 0.6) is 5.75 Å². The third kappa shape index (κ3) is 5.67. The molecule has 1 fully saturated rings. The third-order valence-corrected chi connectivity index (χ3v) is 4.38. The van der Waals surface area contributed by atoms with E-state index in [-0.39, 0.29) is 29.8 Å². The number of carbonyl (C=O) groups excluding carboxylic acids is 1. The van der Waals surface area contributed by atoms with Gasteiger partial charge in [0.15, 0.2) is 0 Å². The van der Waals surface area contributed by atoms with Gasteiger partial charge in [0.1, 0.15) is 5.75 Å². The molecular formula is C19H31ClN2O2. The molecule has 0 aliphatic carbocycles. The van der Waals surface area contributed by atoms with E-state index < -0.39 is 0 Å². The molecule has 0 saturated carbocycles. The van der Waals surface area contributed by atoms with Gasteiger partial charge in [0, 0.05) is 31.6 Å². The van der Waals surface area contributed by atoms with Gasteiger partial charge in [0.2, 0.25) is 5.91 Å². The summed E-state index contributed by atoms with van der Waals surface area (Å²) >= 11 is 0. The number of carbonyl (C=O) groups is 1. The summed E-state index contributed by atoms with van der Waals surface area (Å²) in [5, 5.41) is 3.40. The molecule has 1 saturated heterocycles. The minimum atomic E-state index is 0. The van der Waals surface area contributed by atoms with Crippen molar-refractivity contribution in [3.63, 3.8) is 0 Å². The van der Waals surface area contributed by atoms with Gasteiger partial charge in [-0.2, -0.15) is 0 Å². The SMILES string of the molecule is COc1ccccc1C1CNCCN1C(=O)CCCC(C)(C)C.Cl. The second-order valence-electron chi connectivity index (χ2n) is 7.46. The zero-order valence-corrected chi connectivity index (χ0v) is 16.1. The second kappa shape index (κ2) is 9.28. The van der Waals surface area contributed by atoms with Crippen LogP contribution in [0.2, 0.25) is 0 Å². The van der Waals surface area contributed by atoms with Crippen molar-refractivity contribution in [2.75, 3.05) is 26.7 Å². The van der Waals surface area contributed by atoms with Gasteiger partial charge in [-0.05, 0) is 24.3 Å². The number of para-hydroxylation sites is 1. The molecule has 0 radical (unpaired) electrons. The summed E-state index contributed by atoms with van der Waals surface area (Å²) in [4.78, 5) is 14.7. The lowest BCUT2D eigenvalue weighted by Crippen LogP contribution is -2.48. The molecule has 1 aliphatic rings. The number of hydrogen-bond acceptors (Lipinski definition) is 3. The maximum Gasteiger partial charge on any atom is 0.223 e. The Hall–Kier alpha value is -1.26. The zero-order valence-electron chi connectivity index (χ0n) is 15.3. The van der Waals surface area contributed by atoms with Crippen molar-refractivity contribution in [3.05, 3.63) is 29.8 Å². The molecule has 2 rings (SSSR count). The summed E-state index contributed by atoms with van der Waals surface area (Å²) in [5.74, 6) is 1.11. The number of piperazine rings is 1. The first-order valence-corrected chi connectivity index (χ1v) is 8.55. The quantitative estimate of drug-likeness (QED) is 0.874. The maximum absolute atomic E-state index is 12.7. The molecule has 1 N–H and O–H groups in total. The van der Waals surface area contributed by atoms with Crippen molar-refractivity contribution in [1.29, 1.82) is 0 Å². The zero-order chi connectivity index (χ0) is 16.9. The normalized spacial score (nSPS) is 18.0. The highest BCUT2D eigenvalue weighted by molar-refractivity contribution is 5.85. The van der Waals surface area contributed by atoms with Crippen LogP contribution in [-0.4, -0.2) is 37.6 Å². The van der Waals surface area contributed by atoms with Crippen LogP contribution < -0.4 is 10.1 Å². The van der Waals surface area contributed by atoms with Crippen molar-refractivity contribution in [3.8, 4) is 5.75 Å². The van der Waals surface area contributed by atoms with Gasteiger partial charge in [-0.1, -0.05) is 39.0 Å². The second-order valence-corrected chi connectivity index (χ2v) is 7.46. The van der Waals surface area contributed by atoms with Crippen molar-refractivity contribution in [2.24, 2.45) is 5.41 Å². The first-order valence-electron chi connectivity index (χ1n) is 8.55. The summed E-state index contributed by atoms with van der Waals surface area (Å²) < 4.78 is 5.49. The average molecular weight is 355 g/mol. The van der Waals surface area contributed by atoms with Crippen LogP contribution in [0, 0.1) is 5.41 Å². The number of rotatable bonds is 5. The Morgan fingerprint density at radius 2 is 2.04 bits per heavy atom. The van der Waals surface area contributed by atoms with E-state index in [1.807, 2.05) is 23.1 Å². The van der Waals surface area contributed by atoms with E-state index in [9.17, 15) is 4.79 Å². The van der Waals surface area contributed by atoms with Gasteiger partial charge >= 0.3 is 0 Å². The predicted molar refractivity (Wildman–Crippen MR) is 101 cm³/mol. The van der Waals surface area contributed by atoms with Crippen LogP contribution in [0.15, 0.2) is 24.3 Å². The highest BCUT2D eigenvalue weighted by Gasteiger charge is 2.29. The summed E-state index contributed by atoms with van der Waals surface area (Å²) in [6, 6.07) is 8.06. The Balaban J connectivity index is 0.00000288. The Labute approximate surface area is 152 Å². The van der Waals surface area contributed by atoms with Crippen LogP contribution in [0.3, 0.4) is 0 Å². The van der Waals surface area contributed by atoms with Gasteiger partial charge in [0.25, 0.3) is 0 Å². The lowest BCUT2D eigenvalue weighted by Gasteiger charge is -2.37. The number of halogens is 1. The van der Waals surface area contributed by atoms with Crippen LogP contribution in [-0.2, 0) is 4.79 Å². The van der Waals surface area contributed by atoms with Crippen LogP contribution in [0.1, 0.15) is 51.6 Å². The lowest BCUT2D eigenvalue weighted by molar-refractivity contribution is -0.134. The fourth-order valence-corrected chi connectivity index (χ4v) is 3.14. The highest BCUT2D eigenvalue weighted by Crippen LogP contribution is 2.31. The standard InChI is InChI=1S/C19H30N2O2.ClH/c1-19(2,3)11-7-10-18(22)21-13-12-20-14-16(21)15-8-5-6-9-17(15)23-4;/h5-6,8-9,16,20H,7,10-14H2,1-4H3;1H. The Morgan fingerprint density at radius 1 is 1.33 bits per heavy atom. The third-order valence-electron chi connectivity index (χ3n) is 4.38. The molecule has 1 heterocycles. The molecule has 0 aromatic heterocycles. The van der Waals surface area contributed by atoms with Crippen molar-refractivity contribution in [1.82, 2.24) is 10.2 Å². The number of amides is 1. The summed E-state index contributed by atoms with van der Waals surface area (Å²) in [5.41, 5.74) is 1.37. The minimum Gasteiger partial charge on any atom is -0.496 e. The number of benzene rings is 1. The van der Waals surface area contributed by atoms with E-state index in [1.165, 1.54) is 0 Å². The Bertz CT molecular complexity index is 528. The van der Waals surface area contributed by atoms with E-state index in [1.54, 1.807) is 7.11 Å². The van der Waals surface area contributed by atoms with Crippen LogP contribution in [0.4, 0.5) is 0 Å². The Kier molecular flexibility index (Phi) is 8.04. The molecule has 1 unspecified atom stereocenters. The van der Waals surface area contributed by atoms with E-state index >= 15 is 0 Å². The fraction of sp³-hybridized carbons (Fsp3) is 0.632. The molecule has 1 aliphatic heterocycles. The number of hydrogen-bond donors (Lipinski definition) is 1. The first-order chi connectivity index (χ1) is 10.9. The number of nitrogens with one attached hydrogen (secondary N) is 1. The molecule has 0 spiro atoms. The van der Waals surface area contributed by atoms with Crippen molar-refractivity contribution in [2.45, 2.75) is 46.1 Å². The fourth-order valence-electron chi connectivity index (χ4n) is 3.14. The number of nitrogens with zero attached hydrogens (tertiary/aromatic N) is 1. The molecule has 1 atom stereocenters. The number of methoxy groups -OCH3 is 1. The molecule has 24 heavy (non-hydrogen) atoms. The average Bonchev–Trinajstić information content (AvgIpc) is 2.53. The van der Waals surface area contributed by atoms with Crippen LogP contribution in [0.25, 0.3) is 0 Å². The molecule has 4 nitrogen and oxygen atoms in total. The smallest absolute Gasteiger partial charge is 0.223 e. The van der Waals surface area contributed by atoms with Gasteiger partial charge in [0.05, 0.1) is 13.2 Å². The number of ether oxygens (including phenoxy) is 1. The highest BCUT2D eigenvalue weighted by atomic mass is 35.5. The first kappa shape index (κ1) is 20.8. The maximum atomic E-state index is 12.7. The summed E-state index contributed by atoms with van der Waals surface area (Å²) in [6.07, 6.45) is 2.65. The lowest BCUT2D eigenvalue weighted by atomic mass is 9.89. The minimum absolute atomic E-state index is 0. The van der Waals surface area contributed by atoms with E-state index in [0.29, 0.717) is 6.42 Å². The van der Waals surface area contributed by atoms with Gasteiger partial charge < -0.3 is 15.0 Å². The molecule has 5 heteroatoms. The largest absolute Gasteiger partial charge is 0.496 e. The molecule has 136 valence electrons. The van der Waals surface area contributed by atoms with E-state index in [4.69, 9.17) is 4.74 Å². The van der Waals surface area contributed by atoms with Crippen LogP contribution >= 0.6 is 12.4 Å². The predicted octanol–water partition coefficient (Wildman–Crippen LogP) is 3.81. The molecule has 1 amide bonds. The van der Waals surface area contributed by atoms with Gasteiger partial charge in [-0.15, -0.1) is 12.4 Å². The molecule has 1 aromatic rings. The van der Waals surface area contributed by atoms with Gasteiger partial charge in [-0.25, -0.2) is 0 Å². The summed E-state index contributed by atoms with van der Waals surface area (Å²) in [6.45, 7) is 9.07. The summed E-state index contributed by atoms with van der Waals surface area (Å²) in [7, 11) is 1.69. The van der Waals surface area contributed by atoms with E-state index in [0.717, 1.165) is 43.8 Å². The molecule has 1 aromatic carbocycles. The monoisotopic (exact) mass is 354 g/mol.